The van der Waals surface area contributed by atoms with Crippen molar-refractivity contribution in [2.24, 2.45) is 12.1 Å². The summed E-state index contributed by atoms with van der Waals surface area (Å²) in [6, 6.07) is 11.1. The lowest BCUT2D eigenvalue weighted by molar-refractivity contribution is 0.0949. The number of methoxy groups -OCH3 is 1. The van der Waals surface area contributed by atoms with Gasteiger partial charge in [0.15, 0.2) is 17.3 Å². The number of aryl methyl sites for hydroxylation is 1. The van der Waals surface area contributed by atoms with Gasteiger partial charge in [0.25, 0.3) is 11.5 Å². The molecule has 3 aromatic rings. The predicted octanol–water partition coefficient (Wildman–Crippen LogP) is 2.24. The summed E-state index contributed by atoms with van der Waals surface area (Å²) in [4.78, 5) is 24.7. The van der Waals surface area contributed by atoms with Crippen LogP contribution in [0.25, 0.3) is 10.8 Å². The molecule has 3 rings (SSSR count). The monoisotopic (exact) mass is 368 g/mol. The number of hydrazone groups is 1. The molecular formula is C19H17FN4O3. The van der Waals surface area contributed by atoms with Gasteiger partial charge in [-0.1, -0.05) is 18.2 Å². The third-order valence-corrected chi connectivity index (χ3v) is 4.07. The van der Waals surface area contributed by atoms with Crippen LogP contribution in [0.15, 0.2) is 52.4 Å². The number of carbonyl (C=O) groups is 1. The zero-order chi connectivity index (χ0) is 19.6. The highest BCUT2D eigenvalue weighted by atomic mass is 19.1. The minimum atomic E-state index is -0.574. The Labute approximate surface area is 154 Å². The lowest BCUT2D eigenvalue weighted by Crippen LogP contribution is -2.27. The number of hydrogen-bond donors (Lipinski definition) is 1. The van der Waals surface area contributed by atoms with Crippen LogP contribution in [0.3, 0.4) is 0 Å². The molecule has 2 aromatic carbocycles. The quantitative estimate of drug-likeness (QED) is 0.565. The number of hydrogen-bond acceptors (Lipinski definition) is 5. The number of carbonyl (C=O) groups excluding carboxylic acids is 1. The van der Waals surface area contributed by atoms with Crippen LogP contribution >= 0.6 is 0 Å². The molecule has 7 nitrogen and oxygen atoms in total. The van der Waals surface area contributed by atoms with Crippen molar-refractivity contribution in [1.29, 1.82) is 0 Å². The Morgan fingerprint density at radius 1 is 1.22 bits per heavy atom. The van der Waals surface area contributed by atoms with Crippen molar-refractivity contribution in [3.05, 3.63) is 69.9 Å². The van der Waals surface area contributed by atoms with E-state index in [-0.39, 0.29) is 17.0 Å². The van der Waals surface area contributed by atoms with E-state index in [1.807, 2.05) is 0 Å². The highest BCUT2D eigenvalue weighted by Crippen LogP contribution is 2.18. The zero-order valence-electron chi connectivity index (χ0n) is 15.0. The van der Waals surface area contributed by atoms with E-state index in [2.05, 4.69) is 15.6 Å². The van der Waals surface area contributed by atoms with Gasteiger partial charge in [-0.05, 0) is 31.2 Å². The summed E-state index contributed by atoms with van der Waals surface area (Å²) in [7, 11) is 2.85. The second-order valence-electron chi connectivity index (χ2n) is 5.81. The number of ether oxygens (including phenoxy) is 1. The van der Waals surface area contributed by atoms with Crippen molar-refractivity contribution in [1.82, 2.24) is 15.2 Å². The average molecular weight is 368 g/mol. The standard InChI is InChI=1S/C19H17FN4O3/c1-11(12-8-9-16(27-3)15(20)10-12)21-22-18(25)17-13-6-4-5-7-14(13)19(26)24(2)23-17/h4-10H,1-3H3,(H,22,25)/b21-11-. The van der Waals surface area contributed by atoms with Crippen molar-refractivity contribution in [3.8, 4) is 5.75 Å². The first-order valence-corrected chi connectivity index (χ1v) is 8.07. The van der Waals surface area contributed by atoms with E-state index in [1.165, 1.54) is 26.3 Å². The van der Waals surface area contributed by atoms with Gasteiger partial charge in [-0.2, -0.15) is 10.2 Å². The lowest BCUT2D eigenvalue weighted by atomic mass is 10.1. The number of nitrogens with one attached hydrogen (secondary N) is 1. The maximum atomic E-state index is 13.8. The Bertz CT molecular complexity index is 1120. The second kappa shape index (κ2) is 7.36. The molecule has 0 bridgehead atoms. The van der Waals surface area contributed by atoms with Gasteiger partial charge in [0, 0.05) is 18.0 Å². The Morgan fingerprint density at radius 3 is 2.59 bits per heavy atom. The van der Waals surface area contributed by atoms with Gasteiger partial charge in [-0.15, -0.1) is 0 Å². The predicted molar refractivity (Wildman–Crippen MR) is 99.6 cm³/mol. The van der Waals surface area contributed by atoms with E-state index in [4.69, 9.17) is 4.74 Å². The Hall–Kier alpha value is -3.55. The van der Waals surface area contributed by atoms with E-state index >= 15 is 0 Å². The third kappa shape index (κ3) is 3.55. The van der Waals surface area contributed by atoms with Gasteiger partial charge in [0.1, 0.15) is 0 Å². The summed E-state index contributed by atoms with van der Waals surface area (Å²) in [5, 5.41) is 8.86. The number of halogens is 1. The maximum absolute atomic E-state index is 13.8. The first-order chi connectivity index (χ1) is 12.9. The lowest BCUT2D eigenvalue weighted by Gasteiger charge is -2.08. The number of nitrogens with zero attached hydrogens (tertiary/aromatic N) is 3. The minimum absolute atomic E-state index is 0.0742. The molecule has 1 amide bonds. The molecule has 0 spiro atoms. The van der Waals surface area contributed by atoms with Crippen molar-refractivity contribution in [3.63, 3.8) is 0 Å². The fourth-order valence-electron chi connectivity index (χ4n) is 2.61. The molecule has 138 valence electrons. The maximum Gasteiger partial charge on any atom is 0.292 e. The van der Waals surface area contributed by atoms with Crippen LogP contribution < -0.4 is 15.7 Å². The number of benzene rings is 2. The van der Waals surface area contributed by atoms with Crippen LogP contribution in [0.5, 0.6) is 5.75 Å². The van der Waals surface area contributed by atoms with Gasteiger partial charge in [-0.3, -0.25) is 9.59 Å². The van der Waals surface area contributed by atoms with E-state index in [0.717, 1.165) is 4.68 Å². The van der Waals surface area contributed by atoms with Crippen LogP contribution in [0, 0.1) is 5.82 Å². The third-order valence-electron chi connectivity index (χ3n) is 4.07. The van der Waals surface area contributed by atoms with Gasteiger partial charge in [-0.25, -0.2) is 14.5 Å². The van der Waals surface area contributed by atoms with Crippen LogP contribution in [-0.2, 0) is 7.05 Å². The molecule has 1 aromatic heterocycles. The molecule has 0 atom stereocenters. The molecule has 1 N–H and O–H groups in total. The normalized spacial score (nSPS) is 11.5. The number of fused-ring (bicyclic) bond motifs is 1. The molecule has 0 aliphatic carbocycles. The summed E-state index contributed by atoms with van der Waals surface area (Å²) in [5.74, 6) is -0.979. The second-order valence-corrected chi connectivity index (χ2v) is 5.81. The summed E-state index contributed by atoms with van der Waals surface area (Å²) in [5.41, 5.74) is 3.07. The van der Waals surface area contributed by atoms with Gasteiger partial charge >= 0.3 is 0 Å². The van der Waals surface area contributed by atoms with E-state index in [0.29, 0.717) is 22.0 Å². The molecule has 0 aliphatic heterocycles. The molecule has 0 saturated carbocycles. The topological polar surface area (TPSA) is 85.6 Å². The Morgan fingerprint density at radius 2 is 1.93 bits per heavy atom. The van der Waals surface area contributed by atoms with Crippen LogP contribution in [0.1, 0.15) is 23.0 Å². The van der Waals surface area contributed by atoms with Gasteiger partial charge in [0.05, 0.1) is 18.2 Å². The molecule has 0 aliphatic rings. The molecular weight excluding hydrogens is 351 g/mol. The number of amides is 1. The number of rotatable bonds is 4. The van der Waals surface area contributed by atoms with Crippen molar-refractivity contribution in [2.75, 3.05) is 7.11 Å². The van der Waals surface area contributed by atoms with Crippen molar-refractivity contribution < 1.29 is 13.9 Å². The summed E-state index contributed by atoms with van der Waals surface area (Å²) in [6.45, 7) is 1.63. The summed E-state index contributed by atoms with van der Waals surface area (Å²) < 4.78 is 19.8. The molecule has 27 heavy (non-hydrogen) atoms. The molecule has 0 saturated heterocycles. The minimum Gasteiger partial charge on any atom is -0.494 e. The van der Waals surface area contributed by atoms with Gasteiger partial charge in [0.2, 0.25) is 0 Å². The number of aromatic nitrogens is 2. The fourth-order valence-corrected chi connectivity index (χ4v) is 2.61. The Balaban J connectivity index is 1.91. The largest absolute Gasteiger partial charge is 0.494 e. The van der Waals surface area contributed by atoms with E-state index in [9.17, 15) is 14.0 Å². The highest BCUT2D eigenvalue weighted by molar-refractivity contribution is 6.06. The summed E-state index contributed by atoms with van der Waals surface area (Å²) >= 11 is 0. The average Bonchev–Trinajstić information content (AvgIpc) is 2.68. The van der Waals surface area contributed by atoms with Crippen molar-refractivity contribution in [2.45, 2.75) is 6.92 Å². The highest BCUT2D eigenvalue weighted by Gasteiger charge is 2.15. The molecule has 8 heteroatoms. The Kier molecular flexibility index (Phi) is 4.98. The van der Waals surface area contributed by atoms with E-state index < -0.39 is 11.7 Å². The van der Waals surface area contributed by atoms with Gasteiger partial charge < -0.3 is 4.74 Å². The van der Waals surface area contributed by atoms with Crippen LogP contribution in [0.2, 0.25) is 0 Å². The first-order valence-electron chi connectivity index (χ1n) is 8.07. The summed E-state index contributed by atoms with van der Waals surface area (Å²) in [6.07, 6.45) is 0. The van der Waals surface area contributed by atoms with Crippen LogP contribution in [0.4, 0.5) is 4.39 Å². The fraction of sp³-hybridized carbons (Fsp3) is 0.158. The van der Waals surface area contributed by atoms with E-state index in [1.54, 1.807) is 37.3 Å². The van der Waals surface area contributed by atoms with Crippen LogP contribution in [-0.4, -0.2) is 28.5 Å². The molecule has 0 unspecified atom stereocenters. The molecule has 1 heterocycles. The van der Waals surface area contributed by atoms with Crippen molar-refractivity contribution >= 4 is 22.4 Å². The molecule has 0 radical (unpaired) electrons. The molecule has 0 fully saturated rings. The smallest absolute Gasteiger partial charge is 0.292 e. The zero-order valence-corrected chi connectivity index (χ0v) is 15.0. The first kappa shape index (κ1) is 18.2. The SMILES string of the molecule is COc1ccc(/C(C)=N\NC(=O)c2nn(C)c(=O)c3ccccc23)cc1F.